The van der Waals surface area contributed by atoms with Crippen molar-refractivity contribution in [1.82, 2.24) is 0 Å². The SMILES string of the molecule is CC1=NN(c2ccc(C)cc2)C(=O)[C@@]12Cc1cc(C(F)(F)F)ccc1N1CC[C@@H](Cc3ccccc3)C[C@@H]12. The minimum atomic E-state index is -4.45. The summed E-state index contributed by atoms with van der Waals surface area (Å²) in [4.78, 5) is 16.5. The van der Waals surface area contributed by atoms with Crippen molar-refractivity contribution in [2.24, 2.45) is 16.4 Å². The highest BCUT2D eigenvalue weighted by Gasteiger charge is 2.60. The summed E-state index contributed by atoms with van der Waals surface area (Å²) in [6.07, 6.45) is -1.64. The first-order valence-corrected chi connectivity index (χ1v) is 13.1. The van der Waals surface area contributed by atoms with E-state index in [9.17, 15) is 18.0 Å². The van der Waals surface area contributed by atoms with Gasteiger partial charge in [-0.05, 0) is 86.9 Å². The third-order valence-corrected chi connectivity index (χ3v) is 8.58. The molecule has 3 aliphatic rings. The van der Waals surface area contributed by atoms with Crippen LogP contribution >= 0.6 is 0 Å². The molecule has 3 aromatic carbocycles. The Morgan fingerprint density at radius 1 is 1.00 bits per heavy atom. The van der Waals surface area contributed by atoms with Gasteiger partial charge in [0.25, 0.3) is 5.91 Å². The Kier molecular flexibility index (Phi) is 5.85. The maximum Gasteiger partial charge on any atom is 0.416 e. The zero-order chi connectivity index (χ0) is 26.7. The standard InChI is InChI=1S/C31H30F3N3O/c1-20-8-11-26(12-9-20)37-29(38)30(21(2)35-37)19-24-18-25(31(32,33)34)10-13-27(24)36-15-14-23(17-28(30)36)16-22-6-4-3-5-7-22/h3-13,18,23,28H,14-17,19H2,1-2H3/t23-,28+,30-/m0/s1. The molecule has 0 aromatic heterocycles. The Morgan fingerprint density at radius 3 is 2.45 bits per heavy atom. The summed E-state index contributed by atoms with van der Waals surface area (Å²) >= 11 is 0. The van der Waals surface area contributed by atoms with Crippen molar-refractivity contribution in [3.05, 3.63) is 95.1 Å². The van der Waals surface area contributed by atoms with Crippen LogP contribution in [0.2, 0.25) is 0 Å². The molecule has 1 fully saturated rings. The number of hydrazone groups is 1. The van der Waals surface area contributed by atoms with Crippen molar-refractivity contribution in [3.8, 4) is 0 Å². The maximum atomic E-state index is 14.4. The number of nitrogens with zero attached hydrogens (tertiary/aromatic N) is 3. The Bertz CT molecular complexity index is 1400. The number of anilines is 2. The fourth-order valence-electron chi connectivity index (χ4n) is 6.61. The Hall–Kier alpha value is -3.61. The predicted octanol–water partition coefficient (Wildman–Crippen LogP) is 6.81. The highest BCUT2D eigenvalue weighted by Crippen LogP contribution is 2.51. The van der Waals surface area contributed by atoms with E-state index in [4.69, 9.17) is 5.10 Å². The molecule has 0 saturated carbocycles. The van der Waals surface area contributed by atoms with Crippen molar-refractivity contribution >= 4 is 23.0 Å². The number of alkyl halides is 3. The molecule has 6 rings (SSSR count). The highest BCUT2D eigenvalue weighted by atomic mass is 19.4. The number of rotatable bonds is 3. The fraction of sp³-hybridized carbons (Fsp3) is 0.355. The lowest BCUT2D eigenvalue weighted by Crippen LogP contribution is -2.62. The number of hydrogen-bond acceptors (Lipinski definition) is 3. The highest BCUT2D eigenvalue weighted by molar-refractivity contribution is 6.20. The molecular weight excluding hydrogens is 487 g/mol. The van der Waals surface area contributed by atoms with E-state index >= 15 is 0 Å². The predicted molar refractivity (Wildman–Crippen MR) is 143 cm³/mol. The van der Waals surface area contributed by atoms with Gasteiger partial charge in [0.05, 0.1) is 17.0 Å². The molecule has 7 heteroatoms. The maximum absolute atomic E-state index is 14.4. The molecule has 0 N–H and O–H groups in total. The van der Waals surface area contributed by atoms with Gasteiger partial charge in [0.1, 0.15) is 5.41 Å². The van der Waals surface area contributed by atoms with Crippen LogP contribution in [0.1, 0.15) is 42.0 Å². The molecule has 0 unspecified atom stereocenters. The summed E-state index contributed by atoms with van der Waals surface area (Å²) in [5.41, 5.74) is 3.35. The Balaban J connectivity index is 1.43. The number of fused-ring (bicyclic) bond motifs is 4. The van der Waals surface area contributed by atoms with Crippen molar-refractivity contribution in [2.75, 3.05) is 16.5 Å². The smallest absolute Gasteiger partial charge is 0.367 e. The van der Waals surface area contributed by atoms with Crippen molar-refractivity contribution < 1.29 is 18.0 Å². The monoisotopic (exact) mass is 517 g/mol. The van der Waals surface area contributed by atoms with Crippen molar-refractivity contribution in [2.45, 2.75) is 51.7 Å². The molecule has 3 atom stereocenters. The number of hydrogen-bond donors (Lipinski definition) is 0. The number of carbonyl (C=O) groups excluding carboxylic acids is 1. The first-order chi connectivity index (χ1) is 18.2. The first kappa shape index (κ1) is 24.7. The molecule has 3 aliphatic heterocycles. The molecule has 38 heavy (non-hydrogen) atoms. The van der Waals surface area contributed by atoms with Gasteiger partial charge in [0, 0.05) is 18.3 Å². The summed E-state index contributed by atoms with van der Waals surface area (Å²) < 4.78 is 41.0. The van der Waals surface area contributed by atoms with Gasteiger partial charge in [-0.3, -0.25) is 4.79 Å². The number of aryl methyl sites for hydroxylation is 1. The van der Waals surface area contributed by atoms with Crippen LogP contribution in [-0.4, -0.2) is 24.2 Å². The molecule has 1 saturated heterocycles. The minimum absolute atomic E-state index is 0.155. The van der Waals surface area contributed by atoms with Crippen LogP contribution in [-0.2, 0) is 23.8 Å². The van der Waals surface area contributed by atoms with Gasteiger partial charge in [-0.2, -0.15) is 23.3 Å². The zero-order valence-corrected chi connectivity index (χ0v) is 21.5. The molecule has 3 heterocycles. The van der Waals surface area contributed by atoms with Gasteiger partial charge in [-0.1, -0.05) is 48.0 Å². The summed E-state index contributed by atoms with van der Waals surface area (Å²) in [5.74, 6) is 0.206. The van der Waals surface area contributed by atoms with E-state index < -0.39 is 17.2 Å². The third-order valence-electron chi connectivity index (χ3n) is 8.58. The number of piperidine rings is 1. The second kappa shape index (κ2) is 9.00. The van der Waals surface area contributed by atoms with E-state index in [1.807, 2.05) is 56.3 Å². The fourth-order valence-corrected chi connectivity index (χ4v) is 6.61. The van der Waals surface area contributed by atoms with Crippen LogP contribution in [0.3, 0.4) is 0 Å². The summed E-state index contributed by atoms with van der Waals surface area (Å²) in [6.45, 7) is 4.53. The van der Waals surface area contributed by atoms with Crippen molar-refractivity contribution in [1.29, 1.82) is 0 Å². The van der Waals surface area contributed by atoms with Crippen LogP contribution in [0.25, 0.3) is 0 Å². The van der Waals surface area contributed by atoms with E-state index in [0.29, 0.717) is 29.4 Å². The molecule has 4 nitrogen and oxygen atoms in total. The average molecular weight is 518 g/mol. The van der Waals surface area contributed by atoms with Gasteiger partial charge in [-0.15, -0.1) is 0 Å². The summed E-state index contributed by atoms with van der Waals surface area (Å²) in [7, 11) is 0. The number of halogens is 3. The number of amides is 1. The van der Waals surface area contributed by atoms with Crippen LogP contribution in [0.15, 0.2) is 77.9 Å². The van der Waals surface area contributed by atoms with Crippen LogP contribution in [0.4, 0.5) is 24.5 Å². The normalized spacial score (nSPS) is 24.9. The zero-order valence-electron chi connectivity index (χ0n) is 21.5. The molecular formula is C31H30F3N3O. The lowest BCUT2D eigenvalue weighted by molar-refractivity contribution is -0.137. The third kappa shape index (κ3) is 3.99. The topological polar surface area (TPSA) is 35.9 Å². The second-order valence-electron chi connectivity index (χ2n) is 10.9. The van der Waals surface area contributed by atoms with Gasteiger partial charge < -0.3 is 4.90 Å². The second-order valence-corrected chi connectivity index (χ2v) is 10.9. The van der Waals surface area contributed by atoms with Gasteiger partial charge in [0.2, 0.25) is 0 Å². The quantitative estimate of drug-likeness (QED) is 0.383. The Morgan fingerprint density at radius 2 is 1.74 bits per heavy atom. The van der Waals surface area contributed by atoms with Crippen LogP contribution in [0, 0.1) is 18.3 Å². The van der Waals surface area contributed by atoms with E-state index in [-0.39, 0.29) is 18.4 Å². The minimum Gasteiger partial charge on any atom is -0.367 e. The largest absolute Gasteiger partial charge is 0.416 e. The lowest BCUT2D eigenvalue weighted by atomic mass is 9.63. The molecule has 1 spiro atoms. The van der Waals surface area contributed by atoms with Crippen molar-refractivity contribution in [3.63, 3.8) is 0 Å². The Labute approximate surface area is 220 Å². The van der Waals surface area contributed by atoms with E-state index in [0.717, 1.165) is 30.5 Å². The van der Waals surface area contributed by atoms with E-state index in [1.54, 1.807) is 6.07 Å². The van der Waals surface area contributed by atoms with Crippen LogP contribution < -0.4 is 9.91 Å². The first-order valence-electron chi connectivity index (χ1n) is 13.1. The average Bonchev–Trinajstić information content (AvgIpc) is 3.14. The van der Waals surface area contributed by atoms with Gasteiger partial charge in [0.15, 0.2) is 0 Å². The summed E-state index contributed by atoms with van der Waals surface area (Å²) in [6, 6.07) is 21.8. The number of benzene rings is 3. The van der Waals surface area contributed by atoms with Gasteiger partial charge in [-0.25, -0.2) is 0 Å². The molecule has 196 valence electrons. The molecule has 1 amide bonds. The van der Waals surface area contributed by atoms with Gasteiger partial charge >= 0.3 is 6.18 Å². The molecule has 3 aromatic rings. The van der Waals surface area contributed by atoms with E-state index in [1.165, 1.54) is 22.7 Å². The molecule has 0 aliphatic carbocycles. The molecule has 0 bridgehead atoms. The van der Waals surface area contributed by atoms with E-state index in [2.05, 4.69) is 17.0 Å². The number of carbonyl (C=O) groups is 1. The lowest BCUT2D eigenvalue weighted by Gasteiger charge is -2.52. The molecule has 0 radical (unpaired) electrons. The van der Waals surface area contributed by atoms with Crippen LogP contribution in [0.5, 0.6) is 0 Å². The summed E-state index contributed by atoms with van der Waals surface area (Å²) in [5, 5.41) is 6.21.